The molecule has 0 aromatic heterocycles. The van der Waals surface area contributed by atoms with Crippen molar-refractivity contribution >= 4 is 0 Å². The summed E-state index contributed by atoms with van der Waals surface area (Å²) in [6, 6.07) is 0.374. The first kappa shape index (κ1) is 10.4. The van der Waals surface area contributed by atoms with Crippen LogP contribution in [0.25, 0.3) is 0 Å². The van der Waals surface area contributed by atoms with Gasteiger partial charge in [-0.15, -0.1) is 0 Å². The Labute approximate surface area is 86.0 Å². The zero-order valence-electron chi connectivity index (χ0n) is 8.98. The zero-order valence-corrected chi connectivity index (χ0v) is 8.98. The summed E-state index contributed by atoms with van der Waals surface area (Å²) in [7, 11) is 2.11. The van der Waals surface area contributed by atoms with Crippen molar-refractivity contribution in [3.8, 4) is 0 Å². The van der Waals surface area contributed by atoms with Gasteiger partial charge in [-0.05, 0) is 39.2 Å². The number of aliphatic hydroxyl groups excluding tert-OH is 1. The van der Waals surface area contributed by atoms with E-state index in [0.29, 0.717) is 12.1 Å². The van der Waals surface area contributed by atoms with E-state index in [9.17, 15) is 5.11 Å². The van der Waals surface area contributed by atoms with Gasteiger partial charge in [-0.2, -0.15) is 0 Å². The zero-order chi connectivity index (χ0) is 9.97. The van der Waals surface area contributed by atoms with Gasteiger partial charge in [0, 0.05) is 19.2 Å². The highest BCUT2D eigenvalue weighted by Gasteiger charge is 2.30. The fourth-order valence-electron chi connectivity index (χ4n) is 2.68. The predicted molar refractivity (Wildman–Crippen MR) is 55.2 cm³/mol. The van der Waals surface area contributed by atoms with Crippen molar-refractivity contribution in [1.29, 1.82) is 0 Å². The monoisotopic (exact) mass is 199 g/mol. The Balaban J connectivity index is 1.78. The molecule has 0 aromatic carbocycles. The smallest absolute Gasteiger partial charge is 0.0702 e. The fourth-order valence-corrected chi connectivity index (χ4v) is 2.68. The third kappa shape index (κ3) is 2.27. The average molecular weight is 199 g/mol. The summed E-state index contributed by atoms with van der Waals surface area (Å²) in [6.45, 7) is 1.91. The van der Waals surface area contributed by atoms with E-state index in [1.807, 2.05) is 0 Å². The number of likely N-dealkylation sites (N-methyl/N-ethyl adjacent to an activating group) is 1. The van der Waals surface area contributed by atoms with E-state index >= 15 is 0 Å². The van der Waals surface area contributed by atoms with Crippen molar-refractivity contribution in [2.45, 2.75) is 50.4 Å². The highest BCUT2D eigenvalue weighted by atomic mass is 16.5. The van der Waals surface area contributed by atoms with Crippen molar-refractivity contribution in [2.75, 3.05) is 20.2 Å². The minimum Gasteiger partial charge on any atom is -0.391 e. The highest BCUT2D eigenvalue weighted by Crippen LogP contribution is 2.24. The normalized spacial score (nSPS) is 38.4. The number of hydrogen-bond acceptors (Lipinski definition) is 3. The molecule has 0 spiro atoms. The average Bonchev–Trinajstić information content (AvgIpc) is 2.75. The lowest BCUT2D eigenvalue weighted by atomic mass is 10.1. The maximum Gasteiger partial charge on any atom is 0.0702 e. The van der Waals surface area contributed by atoms with Crippen LogP contribution >= 0.6 is 0 Å². The van der Waals surface area contributed by atoms with Crippen LogP contribution in [0, 0.1) is 0 Å². The quantitative estimate of drug-likeness (QED) is 0.736. The Bertz CT molecular complexity index is 180. The van der Waals surface area contributed by atoms with Gasteiger partial charge < -0.3 is 9.84 Å². The molecule has 1 heterocycles. The lowest BCUT2D eigenvalue weighted by molar-refractivity contribution is 0.0365. The largest absolute Gasteiger partial charge is 0.391 e. The molecule has 1 aliphatic carbocycles. The van der Waals surface area contributed by atoms with Gasteiger partial charge in [0.1, 0.15) is 0 Å². The van der Waals surface area contributed by atoms with Crippen LogP contribution in [0.4, 0.5) is 0 Å². The molecule has 3 atom stereocenters. The van der Waals surface area contributed by atoms with E-state index in [1.165, 1.54) is 19.3 Å². The molecule has 1 saturated carbocycles. The molecule has 1 aliphatic heterocycles. The SMILES string of the molecule is CN(CC1CCCO1)[C@@H]1CCC[C@H]1O. The molecule has 2 fully saturated rings. The molecule has 82 valence electrons. The molecule has 0 radical (unpaired) electrons. The second kappa shape index (κ2) is 4.60. The summed E-state index contributed by atoms with van der Waals surface area (Å²) < 4.78 is 5.60. The van der Waals surface area contributed by atoms with Crippen LogP contribution in [-0.2, 0) is 4.74 Å². The minimum atomic E-state index is -0.110. The Kier molecular flexibility index (Phi) is 3.42. The third-order valence-electron chi connectivity index (χ3n) is 3.53. The molecule has 3 heteroatoms. The number of nitrogens with zero attached hydrogens (tertiary/aromatic N) is 1. The first-order valence-electron chi connectivity index (χ1n) is 5.77. The molecule has 14 heavy (non-hydrogen) atoms. The maximum atomic E-state index is 9.75. The second-order valence-corrected chi connectivity index (χ2v) is 4.64. The molecule has 2 aliphatic rings. The van der Waals surface area contributed by atoms with Crippen molar-refractivity contribution < 1.29 is 9.84 Å². The summed E-state index contributed by atoms with van der Waals surface area (Å²) in [6.07, 6.45) is 5.97. The van der Waals surface area contributed by atoms with E-state index in [2.05, 4.69) is 11.9 Å². The summed E-state index contributed by atoms with van der Waals surface area (Å²) in [5.41, 5.74) is 0. The molecule has 1 unspecified atom stereocenters. The Morgan fingerprint density at radius 3 is 2.71 bits per heavy atom. The van der Waals surface area contributed by atoms with E-state index in [4.69, 9.17) is 4.74 Å². The lowest BCUT2D eigenvalue weighted by Gasteiger charge is -2.28. The number of ether oxygens (including phenoxy) is 1. The summed E-state index contributed by atoms with van der Waals surface area (Å²) in [4.78, 5) is 2.29. The molecular weight excluding hydrogens is 178 g/mol. The van der Waals surface area contributed by atoms with E-state index < -0.39 is 0 Å². The van der Waals surface area contributed by atoms with E-state index in [0.717, 1.165) is 26.0 Å². The molecule has 1 N–H and O–H groups in total. The van der Waals surface area contributed by atoms with Gasteiger partial charge in [-0.1, -0.05) is 0 Å². The Hall–Kier alpha value is -0.120. The third-order valence-corrected chi connectivity index (χ3v) is 3.53. The molecule has 1 saturated heterocycles. The van der Waals surface area contributed by atoms with E-state index in [1.54, 1.807) is 0 Å². The number of hydrogen-bond donors (Lipinski definition) is 1. The number of aliphatic hydroxyl groups is 1. The molecule has 3 nitrogen and oxygen atoms in total. The van der Waals surface area contributed by atoms with Crippen molar-refractivity contribution in [3.05, 3.63) is 0 Å². The Morgan fingerprint density at radius 2 is 2.14 bits per heavy atom. The summed E-state index contributed by atoms with van der Waals surface area (Å²) in [5.74, 6) is 0. The lowest BCUT2D eigenvalue weighted by Crippen LogP contribution is -2.41. The standard InChI is InChI=1S/C11H21NO2/c1-12(8-9-4-3-7-14-9)10-5-2-6-11(10)13/h9-11,13H,2-8H2,1H3/t9?,10-,11-/m1/s1. The van der Waals surface area contributed by atoms with Crippen LogP contribution in [0.2, 0.25) is 0 Å². The molecular formula is C11H21NO2. The number of rotatable bonds is 3. The maximum absolute atomic E-state index is 9.75. The highest BCUT2D eigenvalue weighted by molar-refractivity contribution is 4.85. The molecule has 0 amide bonds. The van der Waals surface area contributed by atoms with E-state index in [-0.39, 0.29) is 6.10 Å². The topological polar surface area (TPSA) is 32.7 Å². The summed E-state index contributed by atoms with van der Waals surface area (Å²) >= 11 is 0. The van der Waals surface area contributed by atoms with Gasteiger partial charge in [0.15, 0.2) is 0 Å². The van der Waals surface area contributed by atoms with Gasteiger partial charge in [0.05, 0.1) is 12.2 Å². The van der Waals surface area contributed by atoms with Crippen molar-refractivity contribution in [3.63, 3.8) is 0 Å². The minimum absolute atomic E-state index is 0.110. The van der Waals surface area contributed by atoms with Crippen LogP contribution in [0.3, 0.4) is 0 Å². The Morgan fingerprint density at radius 1 is 1.29 bits per heavy atom. The second-order valence-electron chi connectivity index (χ2n) is 4.64. The first-order chi connectivity index (χ1) is 6.77. The van der Waals surface area contributed by atoms with Crippen LogP contribution in [-0.4, -0.2) is 48.5 Å². The van der Waals surface area contributed by atoms with Crippen molar-refractivity contribution in [1.82, 2.24) is 4.90 Å². The van der Waals surface area contributed by atoms with Crippen molar-refractivity contribution in [2.24, 2.45) is 0 Å². The van der Waals surface area contributed by atoms with Gasteiger partial charge in [0.25, 0.3) is 0 Å². The fraction of sp³-hybridized carbons (Fsp3) is 1.00. The van der Waals surface area contributed by atoms with Crippen LogP contribution < -0.4 is 0 Å². The van der Waals surface area contributed by atoms with Gasteiger partial charge in [-0.25, -0.2) is 0 Å². The van der Waals surface area contributed by atoms with Gasteiger partial charge in [0.2, 0.25) is 0 Å². The predicted octanol–water partition coefficient (Wildman–Crippen LogP) is 1.01. The summed E-state index contributed by atoms with van der Waals surface area (Å²) in [5, 5.41) is 9.75. The van der Waals surface area contributed by atoms with Gasteiger partial charge in [-0.3, -0.25) is 4.90 Å². The first-order valence-corrected chi connectivity index (χ1v) is 5.77. The van der Waals surface area contributed by atoms with Crippen LogP contribution in [0.15, 0.2) is 0 Å². The van der Waals surface area contributed by atoms with Crippen LogP contribution in [0.5, 0.6) is 0 Å². The molecule has 0 aromatic rings. The molecule has 0 bridgehead atoms. The molecule has 2 rings (SSSR count). The van der Waals surface area contributed by atoms with Crippen LogP contribution in [0.1, 0.15) is 32.1 Å². The van der Waals surface area contributed by atoms with Gasteiger partial charge >= 0.3 is 0 Å².